The van der Waals surface area contributed by atoms with Crippen molar-refractivity contribution in [2.45, 2.75) is 44.2 Å². The maximum Gasteiger partial charge on any atom is 0.303 e. The van der Waals surface area contributed by atoms with Crippen LogP contribution < -0.4 is 10.2 Å². The molecule has 0 bridgehead atoms. The van der Waals surface area contributed by atoms with Crippen molar-refractivity contribution in [1.82, 2.24) is 5.32 Å². The molecule has 0 amide bonds. The number of aliphatic carboxylic acids is 1. The molecule has 1 fully saturated rings. The second-order valence-electron chi connectivity index (χ2n) is 7.41. The molecule has 0 saturated carbocycles. The zero-order valence-corrected chi connectivity index (χ0v) is 16.1. The minimum atomic E-state index is -0.740. The molecule has 2 N–H and O–H groups in total. The van der Waals surface area contributed by atoms with Crippen LogP contribution >= 0.6 is 0 Å². The largest absolute Gasteiger partial charge is 0.481 e. The standard InChI is InChI=1S/C23H27N3O2/c24-17-19-6-9-22(10-7-19)26-14-12-20(13-15-26)25-21(8-11-23(27)28)16-18-4-2-1-3-5-18/h1-7,9-10,20-21,25H,8,11-16H2,(H,27,28). The number of carboxylic acid groups (broad SMARTS) is 1. The number of carbonyl (C=O) groups is 1. The number of anilines is 1. The van der Waals surface area contributed by atoms with Crippen LogP contribution in [-0.2, 0) is 11.2 Å². The van der Waals surface area contributed by atoms with Crippen molar-refractivity contribution in [2.75, 3.05) is 18.0 Å². The lowest BCUT2D eigenvalue weighted by atomic mass is 9.97. The summed E-state index contributed by atoms with van der Waals surface area (Å²) in [7, 11) is 0. The Morgan fingerprint density at radius 2 is 1.82 bits per heavy atom. The Labute approximate surface area is 166 Å². The van der Waals surface area contributed by atoms with Crippen LogP contribution in [0, 0.1) is 11.3 Å². The van der Waals surface area contributed by atoms with Crippen LogP contribution in [0.2, 0.25) is 0 Å². The second-order valence-corrected chi connectivity index (χ2v) is 7.41. The Morgan fingerprint density at radius 3 is 2.43 bits per heavy atom. The number of piperidine rings is 1. The summed E-state index contributed by atoms with van der Waals surface area (Å²) in [5, 5.41) is 21.7. The molecule has 146 valence electrons. The first-order valence-corrected chi connectivity index (χ1v) is 9.91. The van der Waals surface area contributed by atoms with Crippen LogP contribution in [0.25, 0.3) is 0 Å². The summed E-state index contributed by atoms with van der Waals surface area (Å²) < 4.78 is 0. The monoisotopic (exact) mass is 377 g/mol. The lowest BCUT2D eigenvalue weighted by molar-refractivity contribution is -0.137. The molecule has 0 radical (unpaired) electrons. The van der Waals surface area contributed by atoms with Crippen molar-refractivity contribution >= 4 is 11.7 Å². The Morgan fingerprint density at radius 1 is 1.14 bits per heavy atom. The van der Waals surface area contributed by atoms with Crippen LogP contribution in [0.3, 0.4) is 0 Å². The first kappa shape index (κ1) is 19.9. The third-order valence-corrected chi connectivity index (χ3v) is 5.36. The van der Waals surface area contributed by atoms with Crippen molar-refractivity contribution in [3.63, 3.8) is 0 Å². The molecule has 1 unspecified atom stereocenters. The van der Waals surface area contributed by atoms with Gasteiger partial charge in [0.05, 0.1) is 11.6 Å². The number of nitrogens with one attached hydrogen (secondary N) is 1. The van der Waals surface area contributed by atoms with Crippen molar-refractivity contribution in [3.05, 3.63) is 65.7 Å². The first-order valence-electron chi connectivity index (χ1n) is 9.91. The molecular formula is C23H27N3O2. The predicted octanol–water partition coefficient (Wildman–Crippen LogP) is 3.59. The van der Waals surface area contributed by atoms with Crippen LogP contribution in [0.5, 0.6) is 0 Å². The number of nitriles is 1. The molecule has 2 aromatic carbocycles. The number of rotatable bonds is 8. The van der Waals surface area contributed by atoms with Gasteiger partial charge in [0.1, 0.15) is 0 Å². The highest BCUT2D eigenvalue weighted by molar-refractivity contribution is 5.66. The lowest BCUT2D eigenvalue weighted by Gasteiger charge is -2.36. The Hall–Kier alpha value is -2.84. The Kier molecular flexibility index (Phi) is 7.05. The molecule has 1 aliphatic rings. The maximum absolute atomic E-state index is 11.0. The van der Waals surface area contributed by atoms with Gasteiger partial charge in [-0.1, -0.05) is 30.3 Å². The second kappa shape index (κ2) is 9.91. The molecule has 28 heavy (non-hydrogen) atoms. The van der Waals surface area contributed by atoms with Gasteiger partial charge < -0.3 is 15.3 Å². The summed E-state index contributed by atoms with van der Waals surface area (Å²) in [5.41, 5.74) is 3.08. The molecule has 1 saturated heterocycles. The summed E-state index contributed by atoms with van der Waals surface area (Å²) in [4.78, 5) is 13.4. The van der Waals surface area contributed by atoms with Gasteiger partial charge in [0.2, 0.25) is 0 Å². The quantitative estimate of drug-likeness (QED) is 0.735. The van der Waals surface area contributed by atoms with Crippen molar-refractivity contribution < 1.29 is 9.90 Å². The molecule has 0 aromatic heterocycles. The van der Waals surface area contributed by atoms with Gasteiger partial charge >= 0.3 is 5.97 Å². The van der Waals surface area contributed by atoms with E-state index in [1.807, 2.05) is 42.5 Å². The SMILES string of the molecule is N#Cc1ccc(N2CCC(NC(CCC(=O)O)Cc3ccccc3)CC2)cc1. The maximum atomic E-state index is 11.0. The van der Waals surface area contributed by atoms with Gasteiger partial charge in [-0.25, -0.2) is 0 Å². The molecule has 5 heteroatoms. The lowest BCUT2D eigenvalue weighted by Crippen LogP contribution is -2.47. The van der Waals surface area contributed by atoms with Crippen LogP contribution in [-0.4, -0.2) is 36.2 Å². The third kappa shape index (κ3) is 5.83. The summed E-state index contributed by atoms with van der Waals surface area (Å²) in [6, 6.07) is 20.7. The summed E-state index contributed by atoms with van der Waals surface area (Å²) in [5.74, 6) is -0.740. The highest BCUT2D eigenvalue weighted by Gasteiger charge is 2.22. The van der Waals surface area contributed by atoms with Crippen LogP contribution in [0.1, 0.15) is 36.8 Å². The molecular weight excluding hydrogens is 350 g/mol. The molecule has 0 spiro atoms. The Bertz CT molecular complexity index is 791. The van der Waals surface area contributed by atoms with E-state index < -0.39 is 5.97 Å². The van der Waals surface area contributed by atoms with E-state index in [2.05, 4.69) is 28.4 Å². The zero-order chi connectivity index (χ0) is 19.8. The molecule has 2 aromatic rings. The minimum absolute atomic E-state index is 0.171. The van der Waals surface area contributed by atoms with Crippen molar-refractivity contribution in [1.29, 1.82) is 5.26 Å². The summed E-state index contributed by atoms with van der Waals surface area (Å²) in [6.45, 7) is 1.92. The van der Waals surface area contributed by atoms with Crippen molar-refractivity contribution in [3.8, 4) is 6.07 Å². The fraction of sp³-hybridized carbons (Fsp3) is 0.391. The van der Waals surface area contributed by atoms with E-state index in [0.29, 0.717) is 18.0 Å². The Balaban J connectivity index is 1.54. The highest BCUT2D eigenvalue weighted by Crippen LogP contribution is 2.21. The molecule has 1 heterocycles. The molecule has 0 aliphatic carbocycles. The highest BCUT2D eigenvalue weighted by atomic mass is 16.4. The molecule has 5 nitrogen and oxygen atoms in total. The van der Waals surface area contributed by atoms with E-state index in [9.17, 15) is 4.79 Å². The van der Waals surface area contributed by atoms with Gasteiger partial charge in [0.25, 0.3) is 0 Å². The van der Waals surface area contributed by atoms with Gasteiger partial charge in [-0.2, -0.15) is 5.26 Å². The number of hydrogen-bond donors (Lipinski definition) is 2. The van der Waals surface area contributed by atoms with Gasteiger partial charge in [-0.05, 0) is 55.5 Å². The average molecular weight is 377 g/mol. The fourth-order valence-corrected chi connectivity index (χ4v) is 3.83. The van der Waals surface area contributed by atoms with E-state index >= 15 is 0 Å². The van der Waals surface area contributed by atoms with E-state index in [1.165, 1.54) is 5.56 Å². The zero-order valence-electron chi connectivity index (χ0n) is 16.1. The number of benzene rings is 2. The number of hydrogen-bond acceptors (Lipinski definition) is 4. The van der Waals surface area contributed by atoms with Gasteiger partial charge in [0, 0.05) is 37.3 Å². The van der Waals surface area contributed by atoms with Gasteiger partial charge in [0.15, 0.2) is 0 Å². The van der Waals surface area contributed by atoms with Gasteiger partial charge in [-0.3, -0.25) is 4.79 Å². The smallest absolute Gasteiger partial charge is 0.303 e. The number of carboxylic acids is 1. The average Bonchev–Trinajstić information content (AvgIpc) is 2.73. The third-order valence-electron chi connectivity index (χ3n) is 5.36. The molecule has 3 rings (SSSR count). The number of nitrogens with zero attached hydrogens (tertiary/aromatic N) is 2. The van der Waals surface area contributed by atoms with E-state index in [0.717, 1.165) is 38.0 Å². The van der Waals surface area contributed by atoms with E-state index in [-0.39, 0.29) is 12.5 Å². The fourth-order valence-electron chi connectivity index (χ4n) is 3.83. The summed E-state index contributed by atoms with van der Waals surface area (Å²) in [6.07, 6.45) is 3.73. The van der Waals surface area contributed by atoms with Crippen LogP contribution in [0.4, 0.5) is 5.69 Å². The predicted molar refractivity (Wildman–Crippen MR) is 110 cm³/mol. The molecule has 1 aliphatic heterocycles. The normalized spacial score (nSPS) is 15.8. The minimum Gasteiger partial charge on any atom is -0.481 e. The van der Waals surface area contributed by atoms with Crippen LogP contribution in [0.15, 0.2) is 54.6 Å². The van der Waals surface area contributed by atoms with E-state index in [1.54, 1.807) is 0 Å². The molecule has 1 atom stereocenters. The van der Waals surface area contributed by atoms with Crippen molar-refractivity contribution in [2.24, 2.45) is 0 Å². The topological polar surface area (TPSA) is 76.4 Å². The van der Waals surface area contributed by atoms with Gasteiger partial charge in [-0.15, -0.1) is 0 Å². The first-order chi connectivity index (χ1) is 13.6. The van der Waals surface area contributed by atoms with E-state index in [4.69, 9.17) is 10.4 Å². The summed E-state index contributed by atoms with van der Waals surface area (Å²) >= 11 is 0.